The van der Waals surface area contributed by atoms with Crippen molar-refractivity contribution < 1.29 is 8.78 Å². The number of halogens is 2. The van der Waals surface area contributed by atoms with Gasteiger partial charge in [0.1, 0.15) is 0 Å². The van der Waals surface area contributed by atoms with Gasteiger partial charge in [0.25, 0.3) is 0 Å². The SMILES string of the molecule is NC1(Cc2ccc(CC(F)F)cc2)CC1. The lowest BCUT2D eigenvalue weighted by Gasteiger charge is -2.09. The monoisotopic (exact) mass is 211 g/mol. The summed E-state index contributed by atoms with van der Waals surface area (Å²) in [6.07, 6.45) is 0.591. The first kappa shape index (κ1) is 10.6. The first-order chi connectivity index (χ1) is 7.07. The van der Waals surface area contributed by atoms with Crippen molar-refractivity contribution in [2.24, 2.45) is 5.73 Å². The van der Waals surface area contributed by atoms with Crippen LogP contribution in [0.15, 0.2) is 24.3 Å². The van der Waals surface area contributed by atoms with Crippen LogP contribution in [-0.2, 0) is 12.8 Å². The van der Waals surface area contributed by atoms with Crippen molar-refractivity contribution in [2.45, 2.75) is 37.6 Å². The topological polar surface area (TPSA) is 26.0 Å². The van der Waals surface area contributed by atoms with Crippen LogP contribution in [0.2, 0.25) is 0 Å². The summed E-state index contributed by atoms with van der Waals surface area (Å²) in [7, 11) is 0. The molecule has 0 heterocycles. The highest BCUT2D eigenvalue weighted by Crippen LogP contribution is 2.35. The summed E-state index contributed by atoms with van der Waals surface area (Å²) in [6, 6.07) is 7.36. The van der Waals surface area contributed by atoms with E-state index < -0.39 is 6.43 Å². The van der Waals surface area contributed by atoms with Crippen LogP contribution in [0.5, 0.6) is 0 Å². The van der Waals surface area contributed by atoms with Crippen molar-refractivity contribution >= 4 is 0 Å². The van der Waals surface area contributed by atoms with Gasteiger partial charge in [-0.15, -0.1) is 0 Å². The third-order valence-electron chi connectivity index (χ3n) is 2.86. The van der Waals surface area contributed by atoms with Crippen molar-refractivity contribution in [1.29, 1.82) is 0 Å². The molecule has 1 aromatic rings. The average Bonchev–Trinajstić information content (AvgIpc) is 2.86. The largest absolute Gasteiger partial charge is 0.325 e. The molecular formula is C12H15F2N. The summed E-state index contributed by atoms with van der Waals surface area (Å²) in [5, 5.41) is 0. The summed E-state index contributed by atoms with van der Waals surface area (Å²) in [4.78, 5) is 0. The zero-order chi connectivity index (χ0) is 10.9. The molecular weight excluding hydrogens is 196 g/mol. The molecule has 82 valence electrons. The highest BCUT2D eigenvalue weighted by Gasteiger charge is 2.37. The smallest absolute Gasteiger partial charge is 0.242 e. The molecule has 0 amide bonds. The van der Waals surface area contributed by atoms with Crippen LogP contribution < -0.4 is 5.73 Å². The molecule has 1 fully saturated rings. The van der Waals surface area contributed by atoms with Crippen LogP contribution in [0.25, 0.3) is 0 Å². The lowest BCUT2D eigenvalue weighted by Crippen LogP contribution is -2.24. The molecule has 0 bridgehead atoms. The van der Waals surface area contributed by atoms with Crippen LogP contribution in [0.4, 0.5) is 8.78 Å². The van der Waals surface area contributed by atoms with Crippen LogP contribution in [-0.4, -0.2) is 12.0 Å². The van der Waals surface area contributed by atoms with Gasteiger partial charge in [-0.3, -0.25) is 0 Å². The van der Waals surface area contributed by atoms with Crippen molar-refractivity contribution in [2.75, 3.05) is 0 Å². The van der Waals surface area contributed by atoms with Gasteiger partial charge >= 0.3 is 0 Å². The van der Waals surface area contributed by atoms with Gasteiger partial charge in [0.05, 0.1) is 0 Å². The van der Waals surface area contributed by atoms with E-state index in [9.17, 15) is 8.78 Å². The van der Waals surface area contributed by atoms with Crippen LogP contribution in [0.1, 0.15) is 24.0 Å². The lowest BCUT2D eigenvalue weighted by molar-refractivity contribution is 0.149. The minimum Gasteiger partial charge on any atom is -0.325 e. The van der Waals surface area contributed by atoms with Crippen LogP contribution in [0.3, 0.4) is 0 Å². The third-order valence-corrected chi connectivity index (χ3v) is 2.86. The molecule has 1 nitrogen and oxygen atoms in total. The maximum absolute atomic E-state index is 12.1. The fraction of sp³-hybridized carbons (Fsp3) is 0.500. The second-order valence-corrected chi connectivity index (χ2v) is 4.45. The number of hydrogen-bond acceptors (Lipinski definition) is 1. The van der Waals surface area contributed by atoms with Gasteiger partial charge in [-0.1, -0.05) is 24.3 Å². The molecule has 1 saturated carbocycles. The summed E-state index contributed by atoms with van der Waals surface area (Å²) in [6.45, 7) is 0. The maximum Gasteiger partial charge on any atom is 0.242 e. The second-order valence-electron chi connectivity index (χ2n) is 4.45. The molecule has 0 aliphatic heterocycles. The van der Waals surface area contributed by atoms with E-state index in [1.807, 2.05) is 12.1 Å². The predicted molar refractivity (Wildman–Crippen MR) is 56.0 cm³/mol. The normalized spacial score (nSPS) is 18.1. The number of nitrogens with two attached hydrogens (primary N) is 1. The minimum absolute atomic E-state index is 0.00969. The van der Waals surface area contributed by atoms with E-state index in [1.54, 1.807) is 12.1 Å². The molecule has 0 spiro atoms. The van der Waals surface area contributed by atoms with E-state index in [-0.39, 0.29) is 12.0 Å². The summed E-state index contributed by atoms with van der Waals surface area (Å²) < 4.78 is 24.2. The standard InChI is InChI=1S/C12H15F2N/c13-11(14)7-9-1-3-10(4-2-9)8-12(15)5-6-12/h1-4,11H,5-8,15H2. The Kier molecular flexibility index (Phi) is 2.74. The first-order valence-electron chi connectivity index (χ1n) is 5.22. The van der Waals surface area contributed by atoms with Crippen molar-refractivity contribution in [1.82, 2.24) is 0 Å². The molecule has 0 aromatic heterocycles. The van der Waals surface area contributed by atoms with Gasteiger partial charge in [0.15, 0.2) is 0 Å². The molecule has 3 heteroatoms. The third kappa shape index (κ3) is 2.99. The molecule has 2 rings (SSSR count). The second kappa shape index (κ2) is 3.89. The maximum atomic E-state index is 12.1. The van der Waals surface area contributed by atoms with E-state index >= 15 is 0 Å². The number of rotatable bonds is 4. The Labute approximate surface area is 88.3 Å². The van der Waals surface area contributed by atoms with Crippen LogP contribution in [0, 0.1) is 0 Å². The first-order valence-corrected chi connectivity index (χ1v) is 5.22. The van der Waals surface area contributed by atoms with Crippen molar-refractivity contribution in [3.8, 4) is 0 Å². The van der Waals surface area contributed by atoms with Crippen LogP contribution >= 0.6 is 0 Å². The Morgan fingerprint density at radius 2 is 1.67 bits per heavy atom. The predicted octanol–water partition coefficient (Wildman–Crippen LogP) is 2.53. The zero-order valence-electron chi connectivity index (χ0n) is 8.55. The van der Waals surface area contributed by atoms with E-state index in [2.05, 4.69) is 0 Å². The van der Waals surface area contributed by atoms with Gasteiger partial charge in [-0.05, 0) is 30.4 Å². The fourth-order valence-electron chi connectivity index (χ4n) is 1.72. The lowest BCUT2D eigenvalue weighted by atomic mass is 10.0. The van der Waals surface area contributed by atoms with Gasteiger partial charge in [0.2, 0.25) is 6.43 Å². The van der Waals surface area contributed by atoms with E-state index in [4.69, 9.17) is 5.73 Å². The summed E-state index contributed by atoms with van der Waals surface area (Å²) in [5.41, 5.74) is 7.80. The molecule has 1 aliphatic rings. The molecule has 0 atom stereocenters. The van der Waals surface area contributed by atoms with E-state index in [0.29, 0.717) is 5.56 Å². The van der Waals surface area contributed by atoms with Gasteiger partial charge in [-0.2, -0.15) is 0 Å². The van der Waals surface area contributed by atoms with Crippen molar-refractivity contribution in [3.05, 3.63) is 35.4 Å². The Balaban J connectivity index is 1.97. The average molecular weight is 211 g/mol. The van der Waals surface area contributed by atoms with Gasteiger partial charge < -0.3 is 5.73 Å². The molecule has 0 unspecified atom stereocenters. The minimum atomic E-state index is -2.26. The van der Waals surface area contributed by atoms with Crippen molar-refractivity contribution in [3.63, 3.8) is 0 Å². The Bertz CT molecular complexity index is 328. The molecule has 0 radical (unpaired) electrons. The number of alkyl halides is 2. The van der Waals surface area contributed by atoms with E-state index in [0.717, 1.165) is 24.8 Å². The molecule has 1 aliphatic carbocycles. The molecule has 15 heavy (non-hydrogen) atoms. The van der Waals surface area contributed by atoms with Gasteiger partial charge in [0, 0.05) is 12.0 Å². The Morgan fingerprint density at radius 3 is 2.13 bits per heavy atom. The van der Waals surface area contributed by atoms with E-state index in [1.165, 1.54) is 0 Å². The molecule has 1 aromatic carbocycles. The number of hydrogen-bond donors (Lipinski definition) is 1. The Morgan fingerprint density at radius 1 is 1.13 bits per heavy atom. The zero-order valence-corrected chi connectivity index (χ0v) is 8.55. The van der Waals surface area contributed by atoms with Gasteiger partial charge in [-0.25, -0.2) is 8.78 Å². The molecule has 2 N–H and O–H groups in total. The quantitative estimate of drug-likeness (QED) is 0.813. The summed E-state index contributed by atoms with van der Waals surface area (Å²) >= 11 is 0. The Hall–Kier alpha value is -0.960. The molecule has 0 saturated heterocycles. The highest BCUT2D eigenvalue weighted by molar-refractivity contribution is 5.25. The summed E-state index contributed by atoms with van der Waals surface area (Å²) in [5.74, 6) is 0. The highest BCUT2D eigenvalue weighted by atomic mass is 19.3. The number of benzene rings is 1. The fourth-order valence-corrected chi connectivity index (χ4v) is 1.72.